The van der Waals surface area contributed by atoms with Gasteiger partial charge in [-0.1, -0.05) is 6.42 Å². The Bertz CT molecular complexity index is 725. The number of rotatable bonds is 2. The van der Waals surface area contributed by atoms with Crippen LogP contribution in [-0.4, -0.2) is 34.7 Å². The minimum Gasteiger partial charge on any atom is -0.456 e. The van der Waals surface area contributed by atoms with Gasteiger partial charge in [-0.3, -0.25) is 4.79 Å². The largest absolute Gasteiger partial charge is 0.456 e. The summed E-state index contributed by atoms with van der Waals surface area (Å²) in [6.07, 6.45) is 1.49. The zero-order chi connectivity index (χ0) is 20.2. The fourth-order valence-corrected chi connectivity index (χ4v) is 8.66. The van der Waals surface area contributed by atoms with Gasteiger partial charge < -0.3 is 14.6 Å². The molecule has 29 heavy (non-hydrogen) atoms. The number of fused-ring (bicyclic) bond motifs is 10. The van der Waals surface area contributed by atoms with Crippen molar-refractivity contribution in [2.24, 2.45) is 41.4 Å². The second kappa shape index (κ2) is 5.90. The summed E-state index contributed by atoms with van der Waals surface area (Å²) in [7, 11) is 0. The Kier molecular flexibility index (Phi) is 3.85. The zero-order valence-electron chi connectivity index (χ0n) is 16.5. The van der Waals surface area contributed by atoms with E-state index in [2.05, 4.69) is 0 Å². The first-order valence-electron chi connectivity index (χ1n) is 11.4. The predicted molar refractivity (Wildman–Crippen MR) is 95.3 cm³/mol. The number of hydrogen-bond acceptors (Lipinski definition) is 4. The Morgan fingerprint density at radius 2 is 1.76 bits per heavy atom. The quantitative estimate of drug-likeness (QED) is 0.544. The molecule has 162 valence electrons. The first-order valence-corrected chi connectivity index (χ1v) is 11.4. The van der Waals surface area contributed by atoms with Gasteiger partial charge in [0.2, 0.25) is 0 Å². The van der Waals surface area contributed by atoms with Gasteiger partial charge in [-0.25, -0.2) is 0 Å². The fraction of sp³-hybridized carbons (Fsp3) is 0.955. The molecule has 4 nitrogen and oxygen atoms in total. The van der Waals surface area contributed by atoms with E-state index in [0.29, 0.717) is 37.0 Å². The molecule has 4 bridgehead atoms. The number of aliphatic hydroxyl groups is 1. The van der Waals surface area contributed by atoms with Gasteiger partial charge in [0, 0.05) is 0 Å². The van der Waals surface area contributed by atoms with Crippen molar-refractivity contribution in [3.63, 3.8) is 0 Å². The van der Waals surface area contributed by atoms with Gasteiger partial charge in [-0.05, 0) is 86.9 Å². The number of ether oxygens (including phenoxy) is 2. The number of alkyl halides is 3. The van der Waals surface area contributed by atoms with Crippen molar-refractivity contribution in [2.75, 3.05) is 0 Å². The van der Waals surface area contributed by atoms with Crippen molar-refractivity contribution >= 4 is 5.97 Å². The maximum absolute atomic E-state index is 13.4. The molecule has 1 heterocycles. The lowest BCUT2D eigenvalue weighted by atomic mass is 9.67. The van der Waals surface area contributed by atoms with Crippen molar-refractivity contribution < 1.29 is 32.5 Å². The third-order valence-electron chi connectivity index (χ3n) is 9.56. The van der Waals surface area contributed by atoms with E-state index in [1.807, 2.05) is 0 Å². The van der Waals surface area contributed by atoms with Crippen LogP contribution in [0.1, 0.15) is 64.2 Å². The highest BCUT2D eigenvalue weighted by Gasteiger charge is 2.70. The molecule has 0 amide bonds. The Balaban J connectivity index is 1.22. The highest BCUT2D eigenvalue weighted by molar-refractivity contribution is 5.74. The van der Waals surface area contributed by atoms with Gasteiger partial charge in [-0.2, -0.15) is 13.2 Å². The summed E-state index contributed by atoms with van der Waals surface area (Å²) in [6.45, 7) is 0. The van der Waals surface area contributed by atoms with E-state index in [1.54, 1.807) is 0 Å². The molecule has 5 aliphatic carbocycles. The standard InChI is InChI=1S/C22H29F3O4/c23-22(24,25)21(27)10-20(6-2-1-3-16(20)28-21)29-19(26)15-9-13-8-14(15)18-12-5-4-11(7-12)17(13)18/h11-18,27H,1-10H2. The molecule has 0 aromatic heterocycles. The van der Waals surface area contributed by atoms with Crippen LogP contribution in [0.3, 0.4) is 0 Å². The van der Waals surface area contributed by atoms with E-state index in [1.165, 1.54) is 19.3 Å². The molecule has 1 N–H and O–H groups in total. The summed E-state index contributed by atoms with van der Waals surface area (Å²) in [5.41, 5.74) is -1.34. The second-order valence-corrected chi connectivity index (χ2v) is 10.8. The summed E-state index contributed by atoms with van der Waals surface area (Å²) in [6, 6.07) is 0. The summed E-state index contributed by atoms with van der Waals surface area (Å²) in [4.78, 5) is 13.3. The third-order valence-corrected chi connectivity index (χ3v) is 9.56. The topological polar surface area (TPSA) is 55.8 Å². The van der Waals surface area contributed by atoms with Gasteiger partial charge in [-0.15, -0.1) is 0 Å². The monoisotopic (exact) mass is 414 g/mol. The van der Waals surface area contributed by atoms with Crippen LogP contribution in [0.5, 0.6) is 0 Å². The highest BCUT2D eigenvalue weighted by atomic mass is 19.4. The van der Waals surface area contributed by atoms with Gasteiger partial charge in [0.05, 0.1) is 12.3 Å². The lowest BCUT2D eigenvalue weighted by Gasteiger charge is -2.41. The van der Waals surface area contributed by atoms with Crippen molar-refractivity contribution in [3.8, 4) is 0 Å². The summed E-state index contributed by atoms with van der Waals surface area (Å²) in [5.74, 6) is 0.166. The molecule has 6 fully saturated rings. The van der Waals surface area contributed by atoms with Gasteiger partial charge in [0.25, 0.3) is 5.79 Å². The van der Waals surface area contributed by atoms with Crippen LogP contribution >= 0.6 is 0 Å². The Morgan fingerprint density at radius 1 is 1.00 bits per heavy atom. The Labute approximate surface area is 168 Å². The van der Waals surface area contributed by atoms with Crippen LogP contribution in [0.4, 0.5) is 13.2 Å². The maximum Gasteiger partial charge on any atom is 0.443 e. The molecule has 1 saturated heterocycles. The molecule has 10 atom stereocenters. The number of hydrogen-bond donors (Lipinski definition) is 1. The normalized spacial score (nSPS) is 55.2. The molecule has 10 unspecified atom stereocenters. The number of carbonyl (C=O) groups is 1. The molecule has 1 aliphatic heterocycles. The number of carbonyl (C=O) groups excluding carboxylic acids is 1. The fourth-order valence-electron chi connectivity index (χ4n) is 8.66. The van der Waals surface area contributed by atoms with Crippen molar-refractivity contribution in [3.05, 3.63) is 0 Å². The van der Waals surface area contributed by atoms with Crippen LogP contribution < -0.4 is 0 Å². The van der Waals surface area contributed by atoms with Crippen LogP contribution in [0.2, 0.25) is 0 Å². The minimum atomic E-state index is -4.90. The first-order chi connectivity index (χ1) is 13.7. The average molecular weight is 414 g/mol. The molecular weight excluding hydrogens is 385 g/mol. The molecule has 5 saturated carbocycles. The second-order valence-electron chi connectivity index (χ2n) is 10.8. The van der Waals surface area contributed by atoms with E-state index < -0.39 is 30.1 Å². The molecule has 6 rings (SSSR count). The van der Waals surface area contributed by atoms with E-state index in [0.717, 1.165) is 37.0 Å². The Hall–Kier alpha value is -0.820. The highest BCUT2D eigenvalue weighted by Crippen LogP contribution is 2.69. The molecular formula is C22H29F3O4. The van der Waals surface area contributed by atoms with Gasteiger partial charge in [0.15, 0.2) is 0 Å². The van der Waals surface area contributed by atoms with Crippen molar-refractivity contribution in [1.29, 1.82) is 0 Å². The minimum absolute atomic E-state index is 0.183. The van der Waals surface area contributed by atoms with Gasteiger partial charge >= 0.3 is 12.1 Å². The Morgan fingerprint density at radius 3 is 2.52 bits per heavy atom. The predicted octanol–water partition coefficient (Wildman–Crippen LogP) is 4.20. The van der Waals surface area contributed by atoms with Crippen LogP contribution in [0.15, 0.2) is 0 Å². The smallest absolute Gasteiger partial charge is 0.443 e. The zero-order valence-corrected chi connectivity index (χ0v) is 16.5. The molecule has 0 radical (unpaired) electrons. The first kappa shape index (κ1) is 18.9. The summed E-state index contributed by atoms with van der Waals surface area (Å²) in [5, 5.41) is 10.2. The third kappa shape index (κ3) is 2.49. The molecule has 0 aromatic rings. The number of esters is 1. The van der Waals surface area contributed by atoms with Crippen LogP contribution in [0, 0.1) is 41.4 Å². The van der Waals surface area contributed by atoms with E-state index in [-0.39, 0.29) is 11.9 Å². The summed E-state index contributed by atoms with van der Waals surface area (Å²) >= 11 is 0. The molecule has 6 aliphatic rings. The van der Waals surface area contributed by atoms with Crippen LogP contribution in [-0.2, 0) is 14.3 Å². The molecule has 7 heteroatoms. The maximum atomic E-state index is 13.4. The molecule has 0 spiro atoms. The lowest BCUT2D eigenvalue weighted by molar-refractivity contribution is -0.357. The van der Waals surface area contributed by atoms with Crippen LogP contribution in [0.25, 0.3) is 0 Å². The van der Waals surface area contributed by atoms with E-state index >= 15 is 0 Å². The van der Waals surface area contributed by atoms with E-state index in [9.17, 15) is 23.1 Å². The number of halogens is 3. The molecule has 0 aromatic carbocycles. The van der Waals surface area contributed by atoms with Crippen molar-refractivity contribution in [1.82, 2.24) is 0 Å². The average Bonchev–Trinajstić information content (AvgIpc) is 3.43. The van der Waals surface area contributed by atoms with E-state index in [4.69, 9.17) is 9.47 Å². The SMILES string of the molecule is O=C(OC12CCCCC1OC(O)(C(F)(F)F)C2)C1CC2CC1C1C3CCC(C3)C21. The summed E-state index contributed by atoms with van der Waals surface area (Å²) < 4.78 is 51.3. The van der Waals surface area contributed by atoms with Gasteiger partial charge in [0.1, 0.15) is 11.7 Å². The lowest BCUT2D eigenvalue weighted by Crippen LogP contribution is -2.49. The van der Waals surface area contributed by atoms with Crippen molar-refractivity contribution in [2.45, 2.75) is 87.9 Å².